The van der Waals surface area contributed by atoms with Crippen molar-refractivity contribution < 1.29 is 8.83 Å². The zero-order valence-corrected chi connectivity index (χ0v) is 61.4. The number of hydrogen-bond donors (Lipinski definition) is 1. The standard InChI is InChI=1S/C49H28N4OS.C33H18ClN3OS.C16H11N/c1-2-12-29(13-3-1)47-50-48(32-22-23-36-35-17-8-11-21-44(35)55-45(36)26-32)52-49(51-47)39-27-33(28-43-46(39)37-18-7-10-20-42(37)54-43)53-40-19-9-6-16-34(40)38-24-30-14-4-5-15-31(30)25-41(38)53;34-21-17-25(30-24-11-4-6-12-26(24)38-27(30)18-21)33-36-31(19-8-2-1-3-9-19)35-32(37-33)20-14-15-23-22-10-5-7-13-28(22)39-29(23)16-20;1-2-6-12-10-16-14(9-11(12)5-1)13-7-3-4-8-15(13)17-16/h1-28H;1-18H;1-10,17H. The van der Waals surface area contributed by atoms with Crippen molar-refractivity contribution in [1.29, 1.82) is 0 Å². The fourth-order valence-corrected chi connectivity index (χ4v) is 18.5. The van der Waals surface area contributed by atoms with E-state index in [9.17, 15) is 0 Å². The number of benzene rings is 16. The third-order valence-corrected chi connectivity index (χ3v) is 23.7. The SMILES string of the molecule is Clc1cc(-c2nc(-c3ccccc3)nc(-c3ccc4c(c3)sc3ccccc34)n2)c2c(c1)oc1ccccc12.c1ccc(-c2nc(-c3ccc4c(c3)sc3ccccc34)nc(-c3cc(-n4c5ccccc5c5cc6ccccc6cc54)cc4oc5ccccc5c34)n2)cc1.c1ccc2cc3c(cc2c1)[nH]c1ccccc13. The van der Waals surface area contributed by atoms with E-state index < -0.39 is 0 Å². The van der Waals surface area contributed by atoms with E-state index >= 15 is 0 Å². The monoisotopic (exact) mass is 1480 g/mol. The number of para-hydroxylation sites is 4. The first-order chi connectivity index (χ1) is 54.9. The van der Waals surface area contributed by atoms with Crippen LogP contribution in [0.3, 0.4) is 0 Å². The number of aromatic nitrogens is 8. The lowest BCUT2D eigenvalue weighted by molar-refractivity contribution is 0.668. The number of rotatable bonds is 7. The molecule has 0 radical (unpaired) electrons. The fraction of sp³-hybridized carbons (Fsp3) is 0. The second-order valence-electron chi connectivity index (χ2n) is 27.8. The number of nitrogens with zero attached hydrogens (tertiary/aromatic N) is 7. The molecule has 10 nitrogen and oxygen atoms in total. The Bertz CT molecular complexity index is 7890. The van der Waals surface area contributed by atoms with Crippen LogP contribution in [0.5, 0.6) is 0 Å². The summed E-state index contributed by atoms with van der Waals surface area (Å²) in [5.74, 6) is 3.59. The van der Waals surface area contributed by atoms with E-state index in [4.69, 9.17) is 50.3 Å². The Hall–Kier alpha value is -14.0. The molecular formula is C98H57ClN8O2S2. The first kappa shape index (κ1) is 64.2. The van der Waals surface area contributed by atoms with Gasteiger partial charge in [-0.15, -0.1) is 22.7 Å². The average molecular weight is 1480 g/mol. The summed E-state index contributed by atoms with van der Waals surface area (Å²) in [5.41, 5.74) is 14.1. The number of fused-ring (bicyclic) bond motifs is 20. The van der Waals surface area contributed by atoms with Crippen LogP contribution in [-0.2, 0) is 0 Å². The summed E-state index contributed by atoms with van der Waals surface area (Å²) in [4.78, 5) is 34.1. The zero-order chi connectivity index (χ0) is 73.2. The molecule has 24 aromatic rings. The van der Waals surface area contributed by atoms with Crippen LogP contribution < -0.4 is 0 Å². The van der Waals surface area contributed by atoms with Gasteiger partial charge in [0.05, 0.1) is 16.7 Å². The number of halogens is 1. The number of hydrogen-bond acceptors (Lipinski definition) is 10. The third-order valence-electron chi connectivity index (χ3n) is 21.2. The van der Waals surface area contributed by atoms with E-state index in [-0.39, 0.29) is 0 Å². The molecule has 0 atom stereocenters. The third kappa shape index (κ3) is 11.1. The highest BCUT2D eigenvalue weighted by atomic mass is 35.5. The predicted octanol–water partition coefficient (Wildman–Crippen LogP) is 27.7. The van der Waals surface area contributed by atoms with Gasteiger partial charge >= 0.3 is 0 Å². The maximum Gasteiger partial charge on any atom is 0.164 e. The van der Waals surface area contributed by atoms with E-state index in [0.29, 0.717) is 45.6 Å². The van der Waals surface area contributed by atoms with Crippen LogP contribution in [-0.4, -0.2) is 39.5 Å². The highest BCUT2D eigenvalue weighted by Crippen LogP contribution is 2.45. The molecule has 0 bridgehead atoms. The van der Waals surface area contributed by atoms with Crippen LogP contribution in [0, 0.1) is 0 Å². The van der Waals surface area contributed by atoms with Crippen molar-refractivity contribution >= 4 is 184 Å². The van der Waals surface area contributed by atoms with Gasteiger partial charge in [-0.3, -0.25) is 0 Å². The molecular weight excluding hydrogens is 1420 g/mol. The quantitative estimate of drug-likeness (QED) is 0.167. The van der Waals surface area contributed by atoms with Crippen LogP contribution in [0.2, 0.25) is 5.02 Å². The van der Waals surface area contributed by atoms with Gasteiger partial charge in [0.1, 0.15) is 22.3 Å². The lowest BCUT2D eigenvalue weighted by Crippen LogP contribution is -2.01. The number of thiophene rings is 2. The van der Waals surface area contributed by atoms with E-state index in [2.05, 4.69) is 252 Å². The van der Waals surface area contributed by atoms with E-state index in [1.165, 1.54) is 94.5 Å². The van der Waals surface area contributed by atoms with Crippen molar-refractivity contribution in [3.63, 3.8) is 0 Å². The molecule has 8 aromatic heterocycles. The lowest BCUT2D eigenvalue weighted by atomic mass is 10.0. The second-order valence-corrected chi connectivity index (χ2v) is 30.4. The molecule has 0 amide bonds. The van der Waals surface area contributed by atoms with Crippen LogP contribution >= 0.6 is 34.3 Å². The van der Waals surface area contributed by atoms with Gasteiger partial charge in [0, 0.05) is 145 Å². The molecule has 0 saturated carbocycles. The smallest absolute Gasteiger partial charge is 0.164 e. The Kier molecular flexibility index (Phi) is 15.1. The van der Waals surface area contributed by atoms with Gasteiger partial charge in [0.25, 0.3) is 0 Å². The highest BCUT2D eigenvalue weighted by molar-refractivity contribution is 7.26. The first-order valence-electron chi connectivity index (χ1n) is 36.7. The molecule has 0 fully saturated rings. The fourth-order valence-electron chi connectivity index (χ4n) is 16.0. The summed E-state index contributed by atoms with van der Waals surface area (Å²) in [6.07, 6.45) is 0. The van der Waals surface area contributed by atoms with Gasteiger partial charge < -0.3 is 18.4 Å². The predicted molar refractivity (Wildman–Crippen MR) is 463 cm³/mol. The topological polar surface area (TPSA) is 124 Å². The molecule has 0 aliphatic rings. The Labute approximate surface area is 646 Å². The van der Waals surface area contributed by atoms with E-state index in [0.717, 1.165) is 88.4 Å². The molecule has 13 heteroatoms. The van der Waals surface area contributed by atoms with Crippen molar-refractivity contribution in [3.05, 3.63) is 345 Å². The lowest BCUT2D eigenvalue weighted by Gasteiger charge is -2.13. The Morgan fingerprint density at radius 1 is 0.261 bits per heavy atom. The molecule has 0 aliphatic heterocycles. The molecule has 0 aliphatic carbocycles. The van der Waals surface area contributed by atoms with Crippen LogP contribution in [0.4, 0.5) is 0 Å². The molecule has 0 spiro atoms. The Morgan fingerprint density at radius 2 is 0.685 bits per heavy atom. The summed E-state index contributed by atoms with van der Waals surface area (Å²) in [6, 6.07) is 118. The minimum Gasteiger partial charge on any atom is -0.456 e. The van der Waals surface area contributed by atoms with Gasteiger partial charge in [0.2, 0.25) is 0 Å². The average Bonchev–Trinajstić information content (AvgIpc) is 1.60. The summed E-state index contributed by atoms with van der Waals surface area (Å²) < 4.78 is 20.1. The normalized spacial score (nSPS) is 11.8. The van der Waals surface area contributed by atoms with Crippen LogP contribution in [0.15, 0.2) is 349 Å². The van der Waals surface area contributed by atoms with Gasteiger partial charge in [0.15, 0.2) is 34.9 Å². The van der Waals surface area contributed by atoms with E-state index in [1.807, 2.05) is 97.1 Å². The first-order valence-corrected chi connectivity index (χ1v) is 38.7. The van der Waals surface area contributed by atoms with Crippen LogP contribution in [0.1, 0.15) is 0 Å². The minimum absolute atomic E-state index is 0.550. The Balaban J connectivity index is 0.000000117. The summed E-state index contributed by atoms with van der Waals surface area (Å²) >= 11 is 10.2. The molecule has 1 N–H and O–H groups in total. The molecule has 0 saturated heterocycles. The molecule has 24 rings (SSSR count). The number of furan rings is 2. The van der Waals surface area contributed by atoms with Crippen molar-refractivity contribution in [2.45, 2.75) is 0 Å². The molecule has 8 heterocycles. The van der Waals surface area contributed by atoms with Gasteiger partial charge in [-0.1, -0.05) is 254 Å². The summed E-state index contributed by atoms with van der Waals surface area (Å²) in [6.45, 7) is 0. The molecule has 111 heavy (non-hydrogen) atoms. The Morgan fingerprint density at radius 3 is 1.26 bits per heavy atom. The van der Waals surface area contributed by atoms with E-state index in [1.54, 1.807) is 22.7 Å². The van der Waals surface area contributed by atoms with Crippen molar-refractivity contribution in [2.75, 3.05) is 0 Å². The van der Waals surface area contributed by atoms with Crippen molar-refractivity contribution in [3.8, 4) is 74.0 Å². The molecule has 0 unspecified atom stereocenters. The second kappa shape index (κ2) is 26.2. The van der Waals surface area contributed by atoms with Crippen molar-refractivity contribution in [1.82, 2.24) is 39.5 Å². The molecule has 520 valence electrons. The highest BCUT2D eigenvalue weighted by Gasteiger charge is 2.25. The maximum absolute atomic E-state index is 6.67. The zero-order valence-electron chi connectivity index (χ0n) is 59.0. The summed E-state index contributed by atoms with van der Waals surface area (Å²) in [7, 11) is 0. The summed E-state index contributed by atoms with van der Waals surface area (Å²) in [5, 5.41) is 19.5. The molecule has 16 aromatic carbocycles. The van der Waals surface area contributed by atoms with Crippen LogP contribution in [0.25, 0.3) is 223 Å². The maximum atomic E-state index is 6.67. The van der Waals surface area contributed by atoms with Crippen molar-refractivity contribution in [2.24, 2.45) is 0 Å². The number of H-pyrrole nitrogens is 1. The van der Waals surface area contributed by atoms with Gasteiger partial charge in [-0.25, -0.2) is 29.9 Å². The van der Waals surface area contributed by atoms with Gasteiger partial charge in [-0.2, -0.15) is 0 Å². The largest absolute Gasteiger partial charge is 0.456 e. The number of nitrogens with one attached hydrogen (secondary N) is 1. The minimum atomic E-state index is 0.550. The number of aromatic amines is 1. The van der Waals surface area contributed by atoms with Gasteiger partial charge in [-0.05, 0) is 106 Å².